The zero-order chi connectivity index (χ0) is 28.3. The largest absolute Gasteiger partial charge is 0.352 e. The summed E-state index contributed by atoms with van der Waals surface area (Å²) in [6.45, 7) is 6.10. The quantitative estimate of drug-likeness (QED) is 0.290. The zero-order valence-electron chi connectivity index (χ0n) is 22.3. The number of benzene rings is 3. The van der Waals surface area contributed by atoms with Crippen molar-refractivity contribution < 1.29 is 18.0 Å². The van der Waals surface area contributed by atoms with E-state index in [2.05, 4.69) is 5.32 Å². The number of amides is 2. The monoisotopic (exact) mass is 589 g/mol. The Hall–Kier alpha value is -2.81. The van der Waals surface area contributed by atoms with Gasteiger partial charge in [-0.2, -0.15) is 0 Å². The summed E-state index contributed by atoms with van der Waals surface area (Å²) in [4.78, 5) is 28.6. The van der Waals surface area contributed by atoms with E-state index in [1.54, 1.807) is 41.3 Å². The smallest absolute Gasteiger partial charge is 0.265 e. The van der Waals surface area contributed by atoms with Crippen LogP contribution < -0.4 is 9.62 Å². The van der Waals surface area contributed by atoms with Crippen LogP contribution in [0.25, 0.3) is 10.8 Å². The van der Waals surface area contributed by atoms with Crippen LogP contribution in [0.5, 0.6) is 0 Å². The molecule has 1 aliphatic rings. The lowest BCUT2D eigenvalue weighted by molar-refractivity contribution is -0.141. The van der Waals surface area contributed by atoms with Crippen molar-refractivity contribution in [2.45, 2.75) is 70.0 Å². The molecule has 4 rings (SSSR count). The van der Waals surface area contributed by atoms with E-state index in [0.29, 0.717) is 34.0 Å². The van der Waals surface area contributed by atoms with Gasteiger partial charge in [-0.05, 0) is 61.4 Å². The minimum absolute atomic E-state index is 0.0295. The molecule has 39 heavy (non-hydrogen) atoms. The molecule has 0 unspecified atom stereocenters. The highest BCUT2D eigenvalue weighted by molar-refractivity contribution is 7.93. The topological polar surface area (TPSA) is 86.8 Å². The first-order chi connectivity index (χ1) is 18.6. The van der Waals surface area contributed by atoms with Crippen molar-refractivity contribution in [3.8, 4) is 0 Å². The summed E-state index contributed by atoms with van der Waals surface area (Å²) < 4.78 is 28.0. The van der Waals surface area contributed by atoms with Gasteiger partial charge in [-0.25, -0.2) is 8.42 Å². The number of hydrogen-bond acceptors (Lipinski definition) is 4. The van der Waals surface area contributed by atoms with Crippen LogP contribution in [-0.4, -0.2) is 43.8 Å². The number of hydrogen-bond donors (Lipinski definition) is 1. The number of carbonyl (C=O) groups excluding carboxylic acids is 2. The Morgan fingerprint density at radius 1 is 1.00 bits per heavy atom. The van der Waals surface area contributed by atoms with Crippen molar-refractivity contribution in [3.63, 3.8) is 0 Å². The highest BCUT2D eigenvalue weighted by Crippen LogP contribution is 2.42. The van der Waals surface area contributed by atoms with E-state index in [-0.39, 0.29) is 42.3 Å². The first-order valence-corrected chi connectivity index (χ1v) is 15.4. The van der Waals surface area contributed by atoms with Crippen molar-refractivity contribution in [2.75, 3.05) is 10.8 Å². The molecule has 3 aromatic rings. The SMILES string of the molecule is CC[C@@H](C)NC(=O)[C@H](CC)N(Cc1ccc(Cl)c(Cl)c1)C(=O)CCCN1c2cccc3cccc(c23)S1(=O)=O. The molecule has 7 nitrogen and oxygen atoms in total. The summed E-state index contributed by atoms with van der Waals surface area (Å²) in [5, 5.41) is 5.33. The molecule has 2 amide bonds. The summed E-state index contributed by atoms with van der Waals surface area (Å²) in [5.41, 5.74) is 1.37. The molecular formula is C29H33Cl2N3O4S. The van der Waals surface area contributed by atoms with Crippen molar-refractivity contribution in [1.82, 2.24) is 10.2 Å². The molecule has 0 fully saturated rings. The predicted molar refractivity (Wildman–Crippen MR) is 157 cm³/mol. The third-order valence-corrected chi connectivity index (χ3v) is 9.75. The van der Waals surface area contributed by atoms with E-state index in [0.717, 1.165) is 17.4 Å². The number of sulfonamides is 1. The van der Waals surface area contributed by atoms with Gasteiger partial charge < -0.3 is 10.2 Å². The second-order valence-corrected chi connectivity index (χ2v) is 12.5. The van der Waals surface area contributed by atoms with Crippen LogP contribution in [0.1, 0.15) is 52.0 Å². The Morgan fingerprint density at radius 2 is 1.72 bits per heavy atom. The molecule has 0 bridgehead atoms. The van der Waals surface area contributed by atoms with Crippen LogP contribution in [0, 0.1) is 0 Å². The Kier molecular flexibility index (Phi) is 9.09. The van der Waals surface area contributed by atoms with Crippen LogP contribution in [-0.2, 0) is 26.2 Å². The number of halogens is 2. The van der Waals surface area contributed by atoms with Crippen LogP contribution in [0.3, 0.4) is 0 Å². The van der Waals surface area contributed by atoms with E-state index < -0.39 is 16.1 Å². The Balaban J connectivity index is 1.53. The van der Waals surface area contributed by atoms with Gasteiger partial charge >= 0.3 is 0 Å². The maximum absolute atomic E-state index is 13.6. The van der Waals surface area contributed by atoms with Gasteiger partial charge in [0.15, 0.2) is 0 Å². The lowest BCUT2D eigenvalue weighted by atomic mass is 10.1. The number of rotatable bonds is 11. The molecule has 1 heterocycles. The molecular weight excluding hydrogens is 557 g/mol. The molecule has 10 heteroatoms. The van der Waals surface area contributed by atoms with Crippen molar-refractivity contribution in [2.24, 2.45) is 0 Å². The zero-order valence-corrected chi connectivity index (χ0v) is 24.6. The minimum Gasteiger partial charge on any atom is -0.352 e. The summed E-state index contributed by atoms with van der Waals surface area (Å²) in [5.74, 6) is -0.455. The lowest BCUT2D eigenvalue weighted by Crippen LogP contribution is -2.50. The van der Waals surface area contributed by atoms with Crippen LogP contribution in [0.2, 0.25) is 10.0 Å². The first-order valence-electron chi connectivity index (χ1n) is 13.2. The van der Waals surface area contributed by atoms with Gasteiger partial charge in [0.25, 0.3) is 10.0 Å². The molecule has 0 spiro atoms. The molecule has 1 aliphatic heterocycles. The van der Waals surface area contributed by atoms with E-state index in [4.69, 9.17) is 23.2 Å². The van der Waals surface area contributed by atoms with Gasteiger partial charge in [-0.15, -0.1) is 0 Å². The standard InChI is InChI=1S/C29H33Cl2N3O4S/c1-4-19(3)32-29(36)24(5-2)33(18-20-14-15-22(30)23(31)17-20)27(35)13-8-16-34-25-11-6-9-21-10-7-12-26(28(21)25)39(34,37)38/h6-7,9-12,14-15,17,19,24H,4-5,8,13,16,18H2,1-3H3,(H,32,36)/t19-,24+/m1/s1. The van der Waals surface area contributed by atoms with Gasteiger partial charge in [0.05, 0.1) is 20.6 Å². The Labute approximate surface area is 240 Å². The predicted octanol–water partition coefficient (Wildman–Crippen LogP) is 6.16. The van der Waals surface area contributed by atoms with Crippen LogP contribution in [0.15, 0.2) is 59.5 Å². The van der Waals surface area contributed by atoms with E-state index in [1.165, 1.54) is 4.31 Å². The average molecular weight is 591 g/mol. The number of nitrogens with zero attached hydrogens (tertiary/aromatic N) is 2. The Morgan fingerprint density at radius 3 is 2.38 bits per heavy atom. The van der Waals surface area contributed by atoms with Gasteiger partial charge in [0.2, 0.25) is 11.8 Å². The molecule has 0 aromatic heterocycles. The third kappa shape index (κ3) is 6.03. The molecule has 208 valence electrons. The van der Waals surface area contributed by atoms with Gasteiger partial charge in [-0.1, -0.05) is 67.4 Å². The second-order valence-electron chi connectivity index (χ2n) is 9.82. The highest BCUT2D eigenvalue weighted by atomic mass is 35.5. The van der Waals surface area contributed by atoms with Crippen LogP contribution in [0.4, 0.5) is 5.69 Å². The molecule has 0 aliphatic carbocycles. The fourth-order valence-corrected chi connectivity index (χ4v) is 6.98. The Bertz CT molecular complexity index is 1490. The summed E-state index contributed by atoms with van der Waals surface area (Å²) in [6, 6.07) is 15.2. The van der Waals surface area contributed by atoms with Crippen molar-refractivity contribution in [3.05, 3.63) is 70.2 Å². The minimum atomic E-state index is -3.71. The second kappa shape index (κ2) is 12.1. The normalized spacial score (nSPS) is 15.3. The molecule has 0 saturated carbocycles. The summed E-state index contributed by atoms with van der Waals surface area (Å²) in [7, 11) is -3.71. The lowest BCUT2D eigenvalue weighted by Gasteiger charge is -2.32. The van der Waals surface area contributed by atoms with Gasteiger partial charge in [0, 0.05) is 30.9 Å². The maximum Gasteiger partial charge on any atom is 0.265 e. The maximum atomic E-state index is 13.6. The van der Waals surface area contributed by atoms with Gasteiger partial charge in [-0.3, -0.25) is 13.9 Å². The van der Waals surface area contributed by atoms with Gasteiger partial charge in [0.1, 0.15) is 6.04 Å². The fourth-order valence-electron chi connectivity index (χ4n) is 4.91. The molecule has 2 atom stereocenters. The first kappa shape index (κ1) is 29.2. The average Bonchev–Trinajstić information content (AvgIpc) is 3.13. The van der Waals surface area contributed by atoms with E-state index >= 15 is 0 Å². The number of carbonyl (C=O) groups is 2. The van der Waals surface area contributed by atoms with E-state index in [9.17, 15) is 18.0 Å². The molecule has 3 aromatic carbocycles. The highest BCUT2D eigenvalue weighted by Gasteiger charge is 2.35. The third-order valence-electron chi connectivity index (χ3n) is 7.16. The molecule has 1 N–H and O–H groups in total. The number of anilines is 1. The van der Waals surface area contributed by atoms with Crippen LogP contribution >= 0.6 is 23.2 Å². The van der Waals surface area contributed by atoms with E-state index in [1.807, 2.05) is 39.0 Å². The number of nitrogens with one attached hydrogen (secondary N) is 1. The summed E-state index contributed by atoms with van der Waals surface area (Å²) >= 11 is 12.3. The fraction of sp³-hybridized carbons (Fsp3) is 0.379. The van der Waals surface area contributed by atoms with Crippen molar-refractivity contribution in [1.29, 1.82) is 0 Å². The summed E-state index contributed by atoms with van der Waals surface area (Å²) in [6.07, 6.45) is 1.56. The van der Waals surface area contributed by atoms with Crippen molar-refractivity contribution >= 4 is 61.5 Å². The molecule has 0 radical (unpaired) electrons. The molecule has 0 saturated heterocycles.